The molecule has 0 aromatic heterocycles. The van der Waals surface area contributed by atoms with Gasteiger partial charge in [-0.15, -0.1) is 6.58 Å². The van der Waals surface area contributed by atoms with E-state index in [9.17, 15) is 9.59 Å². The smallest absolute Gasteiger partial charge is 0.318 e. The lowest BCUT2D eigenvalue weighted by Gasteiger charge is -2.29. The molecule has 1 rings (SSSR count). The fraction of sp³-hybridized carbons (Fsp3) is 0.667. The summed E-state index contributed by atoms with van der Waals surface area (Å²) in [5.41, 5.74) is -0.739. The molecule has 96 valence electrons. The molecule has 1 aliphatic carbocycles. The van der Waals surface area contributed by atoms with Gasteiger partial charge in [-0.3, -0.25) is 4.79 Å². The number of amides is 2. The van der Waals surface area contributed by atoms with E-state index in [0.717, 1.165) is 12.8 Å². The van der Waals surface area contributed by atoms with Crippen LogP contribution >= 0.6 is 0 Å². The van der Waals surface area contributed by atoms with Crippen LogP contribution in [0.5, 0.6) is 0 Å². The first-order valence-electron chi connectivity index (χ1n) is 5.77. The van der Waals surface area contributed by atoms with Gasteiger partial charge in [0.25, 0.3) is 0 Å². The maximum Gasteiger partial charge on any atom is 0.318 e. The second-order valence-corrected chi connectivity index (χ2v) is 5.06. The molecule has 17 heavy (non-hydrogen) atoms. The predicted molar refractivity (Wildman–Crippen MR) is 64.8 cm³/mol. The summed E-state index contributed by atoms with van der Waals surface area (Å²) < 4.78 is 0. The second-order valence-electron chi connectivity index (χ2n) is 5.06. The average Bonchev–Trinajstić information content (AvgIpc) is 2.93. The summed E-state index contributed by atoms with van der Waals surface area (Å²) >= 11 is 0. The van der Waals surface area contributed by atoms with Crippen LogP contribution in [0.25, 0.3) is 0 Å². The molecule has 5 nitrogen and oxygen atoms in total. The third-order valence-electron chi connectivity index (χ3n) is 2.61. The number of rotatable bonds is 6. The molecule has 0 saturated heterocycles. The van der Waals surface area contributed by atoms with Crippen molar-refractivity contribution in [2.24, 2.45) is 0 Å². The van der Waals surface area contributed by atoms with Crippen LogP contribution in [-0.2, 0) is 4.79 Å². The molecule has 0 bridgehead atoms. The topological polar surface area (TPSA) is 69.6 Å². The normalized spacial score (nSPS) is 15.2. The largest absolute Gasteiger partial charge is 0.481 e. The van der Waals surface area contributed by atoms with Crippen LogP contribution in [0, 0.1) is 0 Å². The van der Waals surface area contributed by atoms with E-state index in [4.69, 9.17) is 5.11 Å². The molecule has 2 amide bonds. The van der Waals surface area contributed by atoms with Crippen molar-refractivity contribution in [1.29, 1.82) is 0 Å². The van der Waals surface area contributed by atoms with Gasteiger partial charge in [0, 0.05) is 18.1 Å². The molecule has 0 radical (unpaired) electrons. The molecule has 0 aliphatic heterocycles. The SMILES string of the molecule is C=CCN(C(=O)NC(C)(C)CC(=O)O)C1CC1. The van der Waals surface area contributed by atoms with Crippen LogP contribution in [0.3, 0.4) is 0 Å². The average molecular weight is 240 g/mol. The van der Waals surface area contributed by atoms with Crippen LogP contribution in [0.4, 0.5) is 4.79 Å². The van der Waals surface area contributed by atoms with Gasteiger partial charge in [-0.1, -0.05) is 6.08 Å². The van der Waals surface area contributed by atoms with Crippen molar-refractivity contribution in [3.8, 4) is 0 Å². The maximum absolute atomic E-state index is 12.0. The van der Waals surface area contributed by atoms with Crippen LogP contribution in [0.1, 0.15) is 33.1 Å². The molecule has 2 N–H and O–H groups in total. The number of aliphatic carboxylic acids is 1. The fourth-order valence-electron chi connectivity index (χ4n) is 1.71. The molecule has 0 aromatic carbocycles. The summed E-state index contributed by atoms with van der Waals surface area (Å²) in [5, 5.41) is 11.5. The summed E-state index contributed by atoms with van der Waals surface area (Å²) in [4.78, 5) is 24.3. The lowest BCUT2D eigenvalue weighted by atomic mass is 10.0. The predicted octanol–water partition coefficient (Wildman–Crippen LogP) is 1.60. The van der Waals surface area contributed by atoms with Gasteiger partial charge in [0.1, 0.15) is 0 Å². The molecule has 0 unspecified atom stereocenters. The molecular formula is C12H20N2O3. The zero-order chi connectivity index (χ0) is 13.1. The summed E-state index contributed by atoms with van der Waals surface area (Å²) in [7, 11) is 0. The first kappa shape index (κ1) is 13.5. The minimum absolute atomic E-state index is 0.0919. The van der Waals surface area contributed by atoms with Crippen molar-refractivity contribution in [2.45, 2.75) is 44.7 Å². The van der Waals surface area contributed by atoms with Crippen molar-refractivity contribution < 1.29 is 14.7 Å². The molecule has 1 saturated carbocycles. The van der Waals surface area contributed by atoms with Gasteiger partial charge in [0.15, 0.2) is 0 Å². The Bertz CT molecular complexity index is 322. The number of hydrogen-bond donors (Lipinski definition) is 2. The number of carboxylic acid groups (broad SMARTS) is 1. The van der Waals surface area contributed by atoms with Gasteiger partial charge in [-0.05, 0) is 26.7 Å². The molecule has 0 heterocycles. The minimum atomic E-state index is -0.919. The van der Waals surface area contributed by atoms with Crippen molar-refractivity contribution in [3.05, 3.63) is 12.7 Å². The highest BCUT2D eigenvalue weighted by Crippen LogP contribution is 2.27. The Labute approximate surface area is 101 Å². The lowest BCUT2D eigenvalue weighted by molar-refractivity contribution is -0.138. The monoisotopic (exact) mass is 240 g/mol. The van der Waals surface area contributed by atoms with Crippen molar-refractivity contribution >= 4 is 12.0 Å². The standard InChI is InChI=1S/C12H20N2O3/c1-4-7-14(9-5-6-9)11(17)13-12(2,3)8-10(15)16/h4,9H,1,5-8H2,2-3H3,(H,13,17)(H,15,16). The number of urea groups is 1. The third kappa shape index (κ3) is 4.46. The Balaban J connectivity index is 2.56. The molecule has 1 fully saturated rings. The van der Waals surface area contributed by atoms with Gasteiger partial charge >= 0.3 is 12.0 Å². The van der Waals surface area contributed by atoms with Crippen LogP contribution in [-0.4, -0.2) is 40.1 Å². The zero-order valence-electron chi connectivity index (χ0n) is 10.4. The molecule has 0 aromatic rings. The summed E-state index contributed by atoms with van der Waals surface area (Å²) in [6.07, 6.45) is 3.62. The highest BCUT2D eigenvalue weighted by Gasteiger charge is 2.34. The van der Waals surface area contributed by atoms with E-state index >= 15 is 0 Å². The quantitative estimate of drug-likeness (QED) is 0.693. The number of carboxylic acids is 1. The van der Waals surface area contributed by atoms with E-state index < -0.39 is 11.5 Å². The highest BCUT2D eigenvalue weighted by atomic mass is 16.4. The van der Waals surface area contributed by atoms with Gasteiger partial charge in [-0.2, -0.15) is 0 Å². The van der Waals surface area contributed by atoms with Gasteiger partial charge in [-0.25, -0.2) is 4.79 Å². The molecular weight excluding hydrogens is 220 g/mol. The van der Waals surface area contributed by atoms with Crippen molar-refractivity contribution in [1.82, 2.24) is 10.2 Å². The molecule has 0 atom stereocenters. The zero-order valence-corrected chi connectivity index (χ0v) is 10.4. The number of hydrogen-bond acceptors (Lipinski definition) is 2. The Hall–Kier alpha value is -1.52. The highest BCUT2D eigenvalue weighted by molar-refractivity contribution is 5.77. The summed E-state index contributed by atoms with van der Waals surface area (Å²) in [6, 6.07) is 0.0762. The van der Waals surface area contributed by atoms with Crippen molar-refractivity contribution in [2.75, 3.05) is 6.54 Å². The van der Waals surface area contributed by atoms with Crippen molar-refractivity contribution in [3.63, 3.8) is 0 Å². The van der Waals surface area contributed by atoms with Crippen LogP contribution in [0.2, 0.25) is 0 Å². The molecule has 0 spiro atoms. The van der Waals surface area contributed by atoms with Crippen LogP contribution in [0.15, 0.2) is 12.7 Å². The Morgan fingerprint density at radius 1 is 1.53 bits per heavy atom. The van der Waals surface area contributed by atoms with Gasteiger partial charge in [0.2, 0.25) is 0 Å². The number of nitrogens with one attached hydrogen (secondary N) is 1. The first-order valence-corrected chi connectivity index (χ1v) is 5.77. The Morgan fingerprint density at radius 2 is 2.12 bits per heavy atom. The van der Waals surface area contributed by atoms with E-state index in [1.807, 2.05) is 0 Å². The van der Waals surface area contributed by atoms with E-state index in [0.29, 0.717) is 6.54 Å². The van der Waals surface area contributed by atoms with E-state index in [1.54, 1.807) is 24.8 Å². The summed E-state index contributed by atoms with van der Waals surface area (Å²) in [6.45, 7) is 7.53. The van der Waals surface area contributed by atoms with Crippen LogP contribution < -0.4 is 5.32 Å². The minimum Gasteiger partial charge on any atom is -0.481 e. The Morgan fingerprint density at radius 3 is 2.53 bits per heavy atom. The number of nitrogens with zero attached hydrogens (tertiary/aromatic N) is 1. The summed E-state index contributed by atoms with van der Waals surface area (Å²) in [5.74, 6) is -0.919. The molecule has 1 aliphatic rings. The first-order chi connectivity index (χ1) is 7.85. The van der Waals surface area contributed by atoms with E-state index in [1.165, 1.54) is 0 Å². The number of carbonyl (C=O) groups excluding carboxylic acids is 1. The molecule has 5 heteroatoms. The lowest BCUT2D eigenvalue weighted by Crippen LogP contribution is -2.51. The second kappa shape index (κ2) is 5.21. The van der Waals surface area contributed by atoms with Gasteiger partial charge < -0.3 is 15.3 Å². The van der Waals surface area contributed by atoms with Gasteiger partial charge in [0.05, 0.1) is 6.42 Å². The maximum atomic E-state index is 12.0. The number of carbonyl (C=O) groups is 2. The van der Waals surface area contributed by atoms with E-state index in [2.05, 4.69) is 11.9 Å². The van der Waals surface area contributed by atoms with E-state index in [-0.39, 0.29) is 18.5 Å². The fourth-order valence-corrected chi connectivity index (χ4v) is 1.71. The Kier molecular flexibility index (Phi) is 4.15. The third-order valence-corrected chi connectivity index (χ3v) is 2.61.